The molecule has 0 saturated heterocycles. The number of aryl methyl sites for hydroxylation is 1. The molecule has 0 spiro atoms. The van der Waals surface area contributed by atoms with Gasteiger partial charge in [0.25, 0.3) is 0 Å². The van der Waals surface area contributed by atoms with Crippen molar-refractivity contribution in [2.45, 2.75) is 53.2 Å². The zero-order valence-electron chi connectivity index (χ0n) is 12.7. The summed E-state index contributed by atoms with van der Waals surface area (Å²) in [7, 11) is 0. The molecule has 0 amide bonds. The van der Waals surface area contributed by atoms with Crippen molar-refractivity contribution in [2.75, 3.05) is 6.54 Å². The quantitative estimate of drug-likeness (QED) is 0.805. The standard InChI is InChI=1S/C16H26ClNO/c1-6-13-9-14(7-8-15(13)17)19-16(11(2)3)10-18-12(4)5/h7-9,11-12,16,18H,6,10H2,1-5H3. The smallest absolute Gasteiger partial charge is 0.120 e. The minimum atomic E-state index is 0.174. The van der Waals surface area contributed by atoms with Crippen LogP contribution in [0, 0.1) is 5.92 Å². The Morgan fingerprint density at radius 2 is 1.89 bits per heavy atom. The molecule has 1 rings (SSSR count). The number of halogens is 1. The molecule has 0 fully saturated rings. The predicted molar refractivity (Wildman–Crippen MR) is 83.2 cm³/mol. The molecule has 0 aliphatic heterocycles. The van der Waals surface area contributed by atoms with Crippen LogP contribution in [0.2, 0.25) is 5.02 Å². The van der Waals surface area contributed by atoms with E-state index in [4.69, 9.17) is 16.3 Å². The van der Waals surface area contributed by atoms with E-state index in [2.05, 4.69) is 39.9 Å². The summed E-state index contributed by atoms with van der Waals surface area (Å²) in [5.41, 5.74) is 1.14. The second kappa shape index (κ2) is 7.76. The third kappa shape index (κ3) is 5.42. The van der Waals surface area contributed by atoms with Crippen LogP contribution >= 0.6 is 11.6 Å². The first-order valence-electron chi connectivity index (χ1n) is 7.12. The Morgan fingerprint density at radius 1 is 1.21 bits per heavy atom. The maximum Gasteiger partial charge on any atom is 0.120 e. The van der Waals surface area contributed by atoms with Crippen LogP contribution in [0.5, 0.6) is 5.75 Å². The molecule has 108 valence electrons. The minimum absolute atomic E-state index is 0.174. The Balaban J connectivity index is 2.73. The monoisotopic (exact) mass is 283 g/mol. The van der Waals surface area contributed by atoms with Crippen molar-refractivity contribution in [1.29, 1.82) is 0 Å². The van der Waals surface area contributed by atoms with Crippen LogP contribution in [0.15, 0.2) is 18.2 Å². The van der Waals surface area contributed by atoms with E-state index >= 15 is 0 Å². The Bertz CT molecular complexity index is 390. The first kappa shape index (κ1) is 16.3. The molecule has 0 radical (unpaired) electrons. The molecule has 1 unspecified atom stereocenters. The minimum Gasteiger partial charge on any atom is -0.489 e. The molecule has 1 atom stereocenters. The van der Waals surface area contributed by atoms with Crippen LogP contribution in [0.25, 0.3) is 0 Å². The molecule has 0 heterocycles. The summed E-state index contributed by atoms with van der Waals surface area (Å²) in [5.74, 6) is 1.37. The van der Waals surface area contributed by atoms with Gasteiger partial charge in [-0.05, 0) is 36.1 Å². The Labute approximate surface area is 122 Å². The zero-order chi connectivity index (χ0) is 14.4. The summed E-state index contributed by atoms with van der Waals surface area (Å²) < 4.78 is 6.10. The van der Waals surface area contributed by atoms with Gasteiger partial charge < -0.3 is 10.1 Å². The highest BCUT2D eigenvalue weighted by molar-refractivity contribution is 6.31. The number of ether oxygens (including phenoxy) is 1. The number of hydrogen-bond donors (Lipinski definition) is 1. The molecule has 2 nitrogen and oxygen atoms in total. The summed E-state index contributed by atoms with van der Waals surface area (Å²) in [4.78, 5) is 0. The van der Waals surface area contributed by atoms with E-state index < -0.39 is 0 Å². The fourth-order valence-corrected chi connectivity index (χ4v) is 2.09. The van der Waals surface area contributed by atoms with Gasteiger partial charge in [-0.25, -0.2) is 0 Å². The molecule has 19 heavy (non-hydrogen) atoms. The first-order valence-corrected chi connectivity index (χ1v) is 7.50. The predicted octanol–water partition coefficient (Wildman–Crippen LogP) is 4.30. The van der Waals surface area contributed by atoms with E-state index in [1.165, 1.54) is 0 Å². The molecule has 0 bridgehead atoms. The highest BCUT2D eigenvalue weighted by Gasteiger charge is 2.16. The molecule has 3 heteroatoms. The molecule has 1 aromatic rings. The van der Waals surface area contributed by atoms with E-state index in [0.29, 0.717) is 12.0 Å². The van der Waals surface area contributed by atoms with E-state index in [1.807, 2.05) is 18.2 Å². The van der Waals surface area contributed by atoms with Crippen molar-refractivity contribution in [3.63, 3.8) is 0 Å². The van der Waals surface area contributed by atoms with E-state index in [-0.39, 0.29) is 6.10 Å². The van der Waals surface area contributed by atoms with Gasteiger partial charge in [0.15, 0.2) is 0 Å². The second-order valence-electron chi connectivity index (χ2n) is 5.57. The van der Waals surface area contributed by atoms with E-state index in [9.17, 15) is 0 Å². The molecule has 0 aliphatic carbocycles. The lowest BCUT2D eigenvalue weighted by Gasteiger charge is -2.24. The van der Waals surface area contributed by atoms with Gasteiger partial charge in [-0.15, -0.1) is 0 Å². The van der Waals surface area contributed by atoms with Crippen molar-refractivity contribution in [1.82, 2.24) is 5.32 Å². The Morgan fingerprint density at radius 3 is 2.42 bits per heavy atom. The van der Waals surface area contributed by atoms with Gasteiger partial charge in [0.1, 0.15) is 11.9 Å². The summed E-state index contributed by atoms with van der Waals surface area (Å²) in [6.07, 6.45) is 1.10. The maximum atomic E-state index is 6.13. The molecule has 0 aliphatic rings. The van der Waals surface area contributed by atoms with Gasteiger partial charge in [-0.1, -0.05) is 46.2 Å². The number of rotatable bonds is 7. The van der Waals surface area contributed by atoms with Crippen molar-refractivity contribution in [3.05, 3.63) is 28.8 Å². The summed E-state index contributed by atoms with van der Waals surface area (Å²) in [6, 6.07) is 6.39. The van der Waals surface area contributed by atoms with Crippen molar-refractivity contribution < 1.29 is 4.74 Å². The molecule has 1 aromatic carbocycles. The largest absolute Gasteiger partial charge is 0.489 e. The van der Waals surface area contributed by atoms with Crippen LogP contribution in [0.3, 0.4) is 0 Å². The number of nitrogens with one attached hydrogen (secondary N) is 1. The third-order valence-electron chi connectivity index (χ3n) is 3.16. The molecular weight excluding hydrogens is 258 g/mol. The average molecular weight is 284 g/mol. The molecule has 0 aromatic heterocycles. The summed E-state index contributed by atoms with van der Waals surface area (Å²) in [5, 5.41) is 4.25. The van der Waals surface area contributed by atoms with Crippen LogP contribution in [0.4, 0.5) is 0 Å². The van der Waals surface area contributed by atoms with Gasteiger partial charge in [-0.3, -0.25) is 0 Å². The van der Waals surface area contributed by atoms with Crippen LogP contribution in [0.1, 0.15) is 40.2 Å². The normalized spacial score (nSPS) is 13.1. The van der Waals surface area contributed by atoms with Gasteiger partial charge >= 0.3 is 0 Å². The number of hydrogen-bond acceptors (Lipinski definition) is 2. The second-order valence-corrected chi connectivity index (χ2v) is 5.98. The lowest BCUT2D eigenvalue weighted by Crippen LogP contribution is -2.38. The molecule has 0 saturated carbocycles. The van der Waals surface area contributed by atoms with Gasteiger partial charge in [-0.2, -0.15) is 0 Å². The lowest BCUT2D eigenvalue weighted by molar-refractivity contribution is 0.146. The summed E-state index contributed by atoms with van der Waals surface area (Å²) in [6.45, 7) is 11.6. The fourth-order valence-electron chi connectivity index (χ4n) is 1.84. The molecule has 1 N–H and O–H groups in total. The molecular formula is C16H26ClNO. The topological polar surface area (TPSA) is 21.3 Å². The van der Waals surface area contributed by atoms with E-state index in [0.717, 1.165) is 29.3 Å². The van der Waals surface area contributed by atoms with Crippen LogP contribution in [-0.4, -0.2) is 18.7 Å². The van der Waals surface area contributed by atoms with Crippen LogP contribution < -0.4 is 10.1 Å². The van der Waals surface area contributed by atoms with Crippen molar-refractivity contribution in [3.8, 4) is 5.75 Å². The highest BCUT2D eigenvalue weighted by Crippen LogP contribution is 2.24. The fraction of sp³-hybridized carbons (Fsp3) is 0.625. The number of benzene rings is 1. The zero-order valence-corrected chi connectivity index (χ0v) is 13.4. The van der Waals surface area contributed by atoms with Crippen molar-refractivity contribution >= 4 is 11.6 Å². The SMILES string of the molecule is CCc1cc(OC(CNC(C)C)C(C)C)ccc1Cl. The first-order chi connectivity index (χ1) is 8.93. The third-order valence-corrected chi connectivity index (χ3v) is 3.53. The van der Waals surface area contributed by atoms with Gasteiger partial charge in [0, 0.05) is 17.6 Å². The average Bonchev–Trinajstić information content (AvgIpc) is 2.35. The lowest BCUT2D eigenvalue weighted by atomic mass is 10.1. The Hall–Kier alpha value is -0.730. The van der Waals surface area contributed by atoms with Gasteiger partial charge in [0.2, 0.25) is 0 Å². The maximum absolute atomic E-state index is 6.13. The highest BCUT2D eigenvalue weighted by atomic mass is 35.5. The summed E-state index contributed by atoms with van der Waals surface area (Å²) >= 11 is 6.13. The van der Waals surface area contributed by atoms with E-state index in [1.54, 1.807) is 0 Å². The van der Waals surface area contributed by atoms with Gasteiger partial charge in [0.05, 0.1) is 0 Å². The van der Waals surface area contributed by atoms with Crippen molar-refractivity contribution in [2.24, 2.45) is 5.92 Å². The van der Waals surface area contributed by atoms with Crippen LogP contribution in [-0.2, 0) is 6.42 Å². The Kier molecular flexibility index (Phi) is 6.67.